The van der Waals surface area contributed by atoms with Crippen LogP contribution in [0.3, 0.4) is 0 Å². The van der Waals surface area contributed by atoms with Gasteiger partial charge in [0.1, 0.15) is 5.75 Å². The molecule has 7 nitrogen and oxygen atoms in total. The van der Waals surface area contributed by atoms with Crippen LogP contribution in [-0.2, 0) is 11.3 Å². The normalized spacial score (nSPS) is 16.0. The Morgan fingerprint density at radius 2 is 2.15 bits per heavy atom. The standard InChI is InChI=1S/C19H23N3O4S/c1-3-14(4-2)20-19(23)17-11-21(15-7-5-6-8-16(15)26-17)10-13-9-18(22(24)25)27-12-13/h5-9,12,14,17H,3-4,10-11H2,1-2H3,(H,20,23). The zero-order chi connectivity index (χ0) is 19.4. The van der Waals surface area contributed by atoms with Crippen molar-refractivity contribution in [3.05, 3.63) is 51.4 Å². The number of hydrogen-bond donors (Lipinski definition) is 1. The van der Waals surface area contributed by atoms with Gasteiger partial charge in [0.15, 0.2) is 6.10 Å². The topological polar surface area (TPSA) is 84.7 Å². The number of nitro groups is 1. The first kappa shape index (κ1) is 19.2. The van der Waals surface area contributed by atoms with E-state index >= 15 is 0 Å². The van der Waals surface area contributed by atoms with Crippen LogP contribution in [0.5, 0.6) is 5.75 Å². The SMILES string of the molecule is CCC(CC)NC(=O)C1CN(Cc2csc([N+](=O)[O-])c2)c2ccccc2O1. The van der Waals surface area contributed by atoms with Gasteiger partial charge in [0, 0.05) is 24.0 Å². The Morgan fingerprint density at radius 1 is 1.41 bits per heavy atom. The van der Waals surface area contributed by atoms with Gasteiger partial charge >= 0.3 is 5.00 Å². The molecular weight excluding hydrogens is 366 g/mol. The van der Waals surface area contributed by atoms with Gasteiger partial charge in [0.2, 0.25) is 0 Å². The summed E-state index contributed by atoms with van der Waals surface area (Å²) in [6.07, 6.45) is 1.12. The Morgan fingerprint density at radius 3 is 2.81 bits per heavy atom. The lowest BCUT2D eigenvalue weighted by molar-refractivity contribution is -0.380. The van der Waals surface area contributed by atoms with E-state index in [1.807, 2.05) is 43.0 Å². The van der Waals surface area contributed by atoms with Crippen LogP contribution in [0.2, 0.25) is 0 Å². The van der Waals surface area contributed by atoms with E-state index in [2.05, 4.69) is 5.32 Å². The minimum atomic E-state index is -0.617. The monoisotopic (exact) mass is 389 g/mol. The second kappa shape index (κ2) is 8.39. The van der Waals surface area contributed by atoms with Gasteiger partial charge < -0.3 is 15.0 Å². The summed E-state index contributed by atoms with van der Waals surface area (Å²) in [4.78, 5) is 25.3. The average Bonchev–Trinajstić information content (AvgIpc) is 3.14. The van der Waals surface area contributed by atoms with Crippen molar-refractivity contribution in [1.82, 2.24) is 5.32 Å². The third kappa shape index (κ3) is 4.39. The number of rotatable bonds is 7. The molecule has 1 aliphatic rings. The Bertz CT molecular complexity index is 819. The first-order valence-corrected chi connectivity index (χ1v) is 9.92. The molecule has 1 unspecified atom stereocenters. The van der Waals surface area contributed by atoms with Gasteiger partial charge in [-0.15, -0.1) is 0 Å². The van der Waals surface area contributed by atoms with Gasteiger partial charge in [-0.1, -0.05) is 37.3 Å². The molecule has 0 aliphatic carbocycles. The molecule has 1 aromatic heterocycles. The van der Waals surface area contributed by atoms with Crippen LogP contribution in [0.4, 0.5) is 10.7 Å². The fourth-order valence-electron chi connectivity index (χ4n) is 3.14. The van der Waals surface area contributed by atoms with Gasteiger partial charge in [0.05, 0.1) is 17.2 Å². The van der Waals surface area contributed by atoms with Crippen molar-refractivity contribution in [1.29, 1.82) is 0 Å². The Balaban J connectivity index is 1.79. The van der Waals surface area contributed by atoms with E-state index in [0.29, 0.717) is 18.8 Å². The van der Waals surface area contributed by atoms with Crippen LogP contribution >= 0.6 is 11.3 Å². The highest BCUT2D eigenvalue weighted by Gasteiger charge is 2.31. The molecule has 8 heteroatoms. The molecule has 1 amide bonds. The summed E-state index contributed by atoms with van der Waals surface area (Å²) in [5.74, 6) is 0.526. The molecule has 1 aromatic carbocycles. The molecule has 0 saturated heterocycles. The molecule has 2 aromatic rings. The van der Waals surface area contributed by atoms with Crippen molar-refractivity contribution in [2.75, 3.05) is 11.4 Å². The molecule has 1 atom stereocenters. The number of carbonyl (C=O) groups excluding carboxylic acids is 1. The predicted molar refractivity (Wildman–Crippen MR) is 105 cm³/mol. The van der Waals surface area contributed by atoms with E-state index < -0.39 is 6.10 Å². The number of ether oxygens (including phenoxy) is 1. The number of fused-ring (bicyclic) bond motifs is 1. The Kier molecular flexibility index (Phi) is 5.95. The number of carbonyl (C=O) groups is 1. The zero-order valence-corrected chi connectivity index (χ0v) is 16.2. The van der Waals surface area contributed by atoms with Gasteiger partial charge in [-0.25, -0.2) is 0 Å². The number of benzene rings is 1. The second-order valence-electron chi connectivity index (χ2n) is 6.53. The number of para-hydroxylation sites is 2. The zero-order valence-electron chi connectivity index (χ0n) is 15.4. The Hall–Kier alpha value is -2.61. The number of anilines is 1. The molecule has 0 bridgehead atoms. The highest BCUT2D eigenvalue weighted by Crippen LogP contribution is 2.35. The largest absolute Gasteiger partial charge is 0.477 e. The van der Waals surface area contributed by atoms with Crippen molar-refractivity contribution in [3.63, 3.8) is 0 Å². The number of thiophene rings is 1. The molecule has 0 fully saturated rings. The molecule has 0 radical (unpaired) electrons. The molecule has 0 saturated carbocycles. The smallest absolute Gasteiger partial charge is 0.324 e. The predicted octanol–water partition coefficient (Wildman–Crippen LogP) is 3.73. The first-order chi connectivity index (χ1) is 13.0. The van der Waals surface area contributed by atoms with Crippen LogP contribution in [0.25, 0.3) is 0 Å². The minimum Gasteiger partial charge on any atom is -0.477 e. The van der Waals surface area contributed by atoms with E-state index in [-0.39, 0.29) is 21.9 Å². The summed E-state index contributed by atoms with van der Waals surface area (Å²) in [6, 6.07) is 9.28. The summed E-state index contributed by atoms with van der Waals surface area (Å²) in [7, 11) is 0. The first-order valence-electron chi connectivity index (χ1n) is 9.04. The lowest BCUT2D eigenvalue weighted by Gasteiger charge is -2.36. The number of amides is 1. The molecule has 1 aliphatic heterocycles. The van der Waals surface area contributed by atoms with Crippen LogP contribution in [-0.4, -0.2) is 29.5 Å². The Labute approximate surface area is 162 Å². The molecule has 3 rings (SSSR count). The van der Waals surface area contributed by atoms with Gasteiger partial charge in [-0.3, -0.25) is 14.9 Å². The highest BCUT2D eigenvalue weighted by atomic mass is 32.1. The molecule has 1 N–H and O–H groups in total. The lowest BCUT2D eigenvalue weighted by Crippen LogP contribution is -2.50. The van der Waals surface area contributed by atoms with Crippen LogP contribution in [0.1, 0.15) is 32.3 Å². The molecule has 0 spiro atoms. The van der Waals surface area contributed by atoms with Crippen LogP contribution in [0, 0.1) is 10.1 Å². The van der Waals surface area contributed by atoms with E-state index in [1.54, 1.807) is 11.4 Å². The van der Waals surface area contributed by atoms with E-state index in [1.165, 1.54) is 0 Å². The summed E-state index contributed by atoms with van der Waals surface area (Å²) < 4.78 is 5.94. The quantitative estimate of drug-likeness (QED) is 0.576. The fourth-order valence-corrected chi connectivity index (χ4v) is 3.86. The minimum absolute atomic E-state index is 0.120. The van der Waals surface area contributed by atoms with Crippen molar-refractivity contribution in [2.24, 2.45) is 0 Å². The maximum atomic E-state index is 12.7. The van der Waals surface area contributed by atoms with Crippen molar-refractivity contribution >= 4 is 27.9 Å². The summed E-state index contributed by atoms with van der Waals surface area (Å²) >= 11 is 1.11. The van der Waals surface area contributed by atoms with Gasteiger partial charge in [-0.2, -0.15) is 0 Å². The summed E-state index contributed by atoms with van der Waals surface area (Å²) in [5.41, 5.74) is 1.74. The van der Waals surface area contributed by atoms with Crippen molar-refractivity contribution in [3.8, 4) is 5.75 Å². The summed E-state index contributed by atoms with van der Waals surface area (Å²) in [6.45, 7) is 4.97. The third-order valence-corrected chi connectivity index (χ3v) is 5.61. The fraction of sp³-hybridized carbons (Fsp3) is 0.421. The maximum absolute atomic E-state index is 12.7. The van der Waals surface area contributed by atoms with Crippen molar-refractivity contribution < 1.29 is 14.5 Å². The van der Waals surface area contributed by atoms with E-state index in [0.717, 1.165) is 35.4 Å². The average molecular weight is 389 g/mol. The molecule has 2 heterocycles. The maximum Gasteiger partial charge on any atom is 0.324 e. The van der Waals surface area contributed by atoms with Crippen LogP contribution < -0.4 is 15.0 Å². The molecular formula is C19H23N3O4S. The molecule has 27 heavy (non-hydrogen) atoms. The third-order valence-electron chi connectivity index (χ3n) is 4.68. The van der Waals surface area contributed by atoms with E-state index in [4.69, 9.17) is 4.74 Å². The number of nitrogens with one attached hydrogen (secondary N) is 1. The van der Waals surface area contributed by atoms with Gasteiger partial charge in [-0.05, 0) is 30.5 Å². The van der Waals surface area contributed by atoms with Crippen molar-refractivity contribution in [2.45, 2.75) is 45.4 Å². The van der Waals surface area contributed by atoms with Gasteiger partial charge in [0.25, 0.3) is 5.91 Å². The number of hydrogen-bond acceptors (Lipinski definition) is 6. The molecule has 144 valence electrons. The summed E-state index contributed by atoms with van der Waals surface area (Å²) in [5, 5.41) is 15.9. The van der Waals surface area contributed by atoms with Crippen LogP contribution in [0.15, 0.2) is 35.7 Å². The van der Waals surface area contributed by atoms with E-state index in [9.17, 15) is 14.9 Å². The lowest BCUT2D eigenvalue weighted by atomic mass is 10.1. The number of nitrogens with zero attached hydrogens (tertiary/aromatic N) is 2. The second-order valence-corrected chi connectivity index (χ2v) is 7.42. The highest BCUT2D eigenvalue weighted by molar-refractivity contribution is 7.13.